The van der Waals surface area contributed by atoms with Crippen LogP contribution in [0.1, 0.15) is 47.4 Å². The molecular weight excluding hydrogens is 398 g/mol. The van der Waals surface area contributed by atoms with E-state index >= 15 is 0 Å². The SMILES string of the molecule is CC(C)c1ccc(NC(=O)c2ccc(C3Nc4ccccc4S(=O)(=O)N3)cc2)cc1. The van der Waals surface area contributed by atoms with Crippen molar-refractivity contribution in [3.8, 4) is 0 Å². The fraction of sp³-hybridized carbons (Fsp3) is 0.174. The first-order valence-corrected chi connectivity index (χ1v) is 11.2. The van der Waals surface area contributed by atoms with Crippen molar-refractivity contribution < 1.29 is 13.2 Å². The van der Waals surface area contributed by atoms with Crippen molar-refractivity contribution >= 4 is 27.3 Å². The van der Waals surface area contributed by atoms with Crippen LogP contribution in [0.4, 0.5) is 11.4 Å². The highest BCUT2D eigenvalue weighted by atomic mass is 32.2. The first-order chi connectivity index (χ1) is 14.3. The highest BCUT2D eigenvalue weighted by molar-refractivity contribution is 7.89. The van der Waals surface area contributed by atoms with Crippen molar-refractivity contribution in [2.75, 3.05) is 10.6 Å². The zero-order chi connectivity index (χ0) is 21.3. The Morgan fingerprint density at radius 2 is 1.60 bits per heavy atom. The number of carbonyl (C=O) groups excluding carboxylic acids is 1. The van der Waals surface area contributed by atoms with Crippen molar-refractivity contribution in [1.29, 1.82) is 0 Å². The second-order valence-corrected chi connectivity index (χ2v) is 9.23. The molecule has 1 aliphatic rings. The van der Waals surface area contributed by atoms with Crippen LogP contribution >= 0.6 is 0 Å². The summed E-state index contributed by atoms with van der Waals surface area (Å²) in [6.07, 6.45) is -0.606. The molecule has 154 valence electrons. The largest absolute Gasteiger partial charge is 0.364 e. The molecule has 3 aromatic carbocycles. The minimum Gasteiger partial charge on any atom is -0.364 e. The summed E-state index contributed by atoms with van der Waals surface area (Å²) in [6.45, 7) is 4.24. The summed E-state index contributed by atoms with van der Waals surface area (Å²) < 4.78 is 27.6. The maximum atomic E-state index is 12.5. The van der Waals surface area contributed by atoms with Crippen molar-refractivity contribution in [3.05, 3.63) is 89.5 Å². The van der Waals surface area contributed by atoms with Gasteiger partial charge in [-0.1, -0.05) is 50.2 Å². The molecule has 0 spiro atoms. The highest BCUT2D eigenvalue weighted by Crippen LogP contribution is 2.30. The molecule has 4 rings (SSSR count). The minimum atomic E-state index is -3.61. The van der Waals surface area contributed by atoms with Crippen LogP contribution in [0.15, 0.2) is 77.7 Å². The number of hydrogen-bond acceptors (Lipinski definition) is 4. The van der Waals surface area contributed by atoms with E-state index in [0.29, 0.717) is 22.7 Å². The molecule has 0 fully saturated rings. The summed E-state index contributed by atoms with van der Waals surface area (Å²) >= 11 is 0. The highest BCUT2D eigenvalue weighted by Gasteiger charge is 2.29. The van der Waals surface area contributed by atoms with E-state index in [2.05, 4.69) is 29.2 Å². The first kappa shape index (κ1) is 20.1. The molecule has 6 nitrogen and oxygen atoms in total. The van der Waals surface area contributed by atoms with Gasteiger partial charge in [0, 0.05) is 11.3 Å². The Morgan fingerprint density at radius 1 is 0.933 bits per heavy atom. The van der Waals surface area contributed by atoms with E-state index in [4.69, 9.17) is 0 Å². The Morgan fingerprint density at radius 3 is 2.27 bits per heavy atom. The number of anilines is 2. The quantitative estimate of drug-likeness (QED) is 0.580. The number of para-hydroxylation sites is 1. The molecule has 1 unspecified atom stereocenters. The van der Waals surface area contributed by atoms with Crippen LogP contribution in [0.25, 0.3) is 0 Å². The van der Waals surface area contributed by atoms with Gasteiger partial charge in [0.15, 0.2) is 0 Å². The molecule has 30 heavy (non-hydrogen) atoms. The van der Waals surface area contributed by atoms with Gasteiger partial charge in [0.25, 0.3) is 5.91 Å². The van der Waals surface area contributed by atoms with Gasteiger partial charge in [-0.3, -0.25) is 4.79 Å². The molecule has 0 bridgehead atoms. The molecule has 0 radical (unpaired) electrons. The molecule has 0 aromatic heterocycles. The molecule has 0 saturated carbocycles. The third-order valence-corrected chi connectivity index (χ3v) is 6.57. The summed E-state index contributed by atoms with van der Waals surface area (Å²) in [5.74, 6) is 0.210. The third kappa shape index (κ3) is 4.08. The van der Waals surface area contributed by atoms with Crippen molar-refractivity contribution in [1.82, 2.24) is 4.72 Å². The average Bonchev–Trinajstić information content (AvgIpc) is 2.74. The molecule has 1 heterocycles. The van der Waals surface area contributed by atoms with Gasteiger partial charge in [-0.2, -0.15) is 4.72 Å². The number of amides is 1. The van der Waals surface area contributed by atoms with E-state index in [-0.39, 0.29) is 10.8 Å². The second-order valence-electron chi connectivity index (χ2n) is 7.55. The first-order valence-electron chi connectivity index (χ1n) is 9.73. The second kappa shape index (κ2) is 7.93. The average molecular weight is 422 g/mol. The normalized spacial score (nSPS) is 17.1. The fourth-order valence-corrected chi connectivity index (χ4v) is 4.66. The van der Waals surface area contributed by atoms with E-state index < -0.39 is 16.2 Å². The van der Waals surface area contributed by atoms with Gasteiger partial charge in [-0.15, -0.1) is 0 Å². The predicted molar refractivity (Wildman–Crippen MR) is 118 cm³/mol. The number of carbonyl (C=O) groups is 1. The maximum absolute atomic E-state index is 12.5. The van der Waals surface area contributed by atoms with Gasteiger partial charge in [0.2, 0.25) is 10.0 Å². The van der Waals surface area contributed by atoms with Gasteiger partial charge >= 0.3 is 0 Å². The molecule has 0 aliphatic carbocycles. The van der Waals surface area contributed by atoms with Crippen LogP contribution in [0.3, 0.4) is 0 Å². The Kier molecular flexibility index (Phi) is 5.32. The van der Waals surface area contributed by atoms with Crippen LogP contribution in [-0.4, -0.2) is 14.3 Å². The lowest BCUT2D eigenvalue weighted by Gasteiger charge is -2.28. The Hall–Kier alpha value is -3.16. The molecule has 1 amide bonds. The molecular formula is C23H23N3O3S. The molecule has 3 aromatic rings. The predicted octanol–water partition coefficient (Wildman–Crippen LogP) is 4.46. The standard InChI is InChI=1S/C23H23N3O3S/c1-15(2)16-11-13-19(14-12-16)24-23(27)18-9-7-17(8-10-18)22-25-20-5-3-4-6-21(20)30(28,29)26-22/h3-15,22,25-26H,1-2H3,(H,24,27). The van der Waals surface area contributed by atoms with Crippen molar-refractivity contribution in [2.45, 2.75) is 30.8 Å². The topological polar surface area (TPSA) is 87.3 Å². The summed E-state index contributed by atoms with van der Waals surface area (Å²) in [7, 11) is -3.61. The lowest BCUT2D eigenvalue weighted by atomic mass is 10.0. The summed E-state index contributed by atoms with van der Waals surface area (Å²) in [4.78, 5) is 12.8. The fourth-order valence-electron chi connectivity index (χ4n) is 3.36. The van der Waals surface area contributed by atoms with E-state index in [1.54, 1.807) is 48.5 Å². The van der Waals surface area contributed by atoms with E-state index in [1.807, 2.05) is 24.3 Å². The number of benzene rings is 3. The van der Waals surface area contributed by atoms with Crippen LogP contribution in [-0.2, 0) is 10.0 Å². The van der Waals surface area contributed by atoms with Crippen molar-refractivity contribution in [3.63, 3.8) is 0 Å². The summed E-state index contributed by atoms with van der Waals surface area (Å²) in [5, 5.41) is 6.06. The Bertz CT molecular complexity index is 1170. The third-order valence-electron chi connectivity index (χ3n) is 5.09. The zero-order valence-electron chi connectivity index (χ0n) is 16.7. The van der Waals surface area contributed by atoms with Crippen LogP contribution in [0.5, 0.6) is 0 Å². The summed E-state index contributed by atoms with van der Waals surface area (Å²) in [6, 6.07) is 21.4. The van der Waals surface area contributed by atoms with Gasteiger partial charge in [0.1, 0.15) is 11.1 Å². The lowest BCUT2D eigenvalue weighted by Crippen LogP contribution is -2.38. The van der Waals surface area contributed by atoms with Crippen LogP contribution in [0.2, 0.25) is 0 Å². The monoisotopic (exact) mass is 421 g/mol. The number of rotatable bonds is 4. The van der Waals surface area contributed by atoms with Crippen LogP contribution in [0, 0.1) is 0 Å². The van der Waals surface area contributed by atoms with Gasteiger partial charge in [-0.05, 0) is 53.4 Å². The van der Waals surface area contributed by atoms with E-state index in [1.165, 1.54) is 5.56 Å². The number of fused-ring (bicyclic) bond motifs is 1. The van der Waals surface area contributed by atoms with Gasteiger partial charge in [0.05, 0.1) is 5.69 Å². The van der Waals surface area contributed by atoms with Gasteiger partial charge < -0.3 is 10.6 Å². The molecule has 1 atom stereocenters. The summed E-state index contributed by atoms with van der Waals surface area (Å²) in [5.41, 5.74) is 3.69. The molecule has 1 aliphatic heterocycles. The van der Waals surface area contributed by atoms with Crippen molar-refractivity contribution in [2.24, 2.45) is 0 Å². The minimum absolute atomic E-state index is 0.221. The van der Waals surface area contributed by atoms with Crippen LogP contribution < -0.4 is 15.4 Å². The van der Waals surface area contributed by atoms with E-state index in [0.717, 1.165) is 5.69 Å². The smallest absolute Gasteiger partial charge is 0.255 e. The number of sulfonamides is 1. The number of hydrogen-bond donors (Lipinski definition) is 3. The zero-order valence-corrected chi connectivity index (χ0v) is 17.5. The Labute approximate surface area is 176 Å². The van der Waals surface area contributed by atoms with E-state index in [9.17, 15) is 13.2 Å². The molecule has 7 heteroatoms. The molecule has 3 N–H and O–H groups in total. The van der Waals surface area contributed by atoms with Gasteiger partial charge in [-0.25, -0.2) is 8.42 Å². The molecule has 0 saturated heterocycles. The lowest BCUT2D eigenvalue weighted by molar-refractivity contribution is 0.102. The Balaban J connectivity index is 1.48. The maximum Gasteiger partial charge on any atom is 0.255 e. The number of nitrogens with one attached hydrogen (secondary N) is 3.